The van der Waals surface area contributed by atoms with Crippen LogP contribution in [0.4, 0.5) is 15.8 Å². The van der Waals surface area contributed by atoms with Gasteiger partial charge in [-0.2, -0.15) is 0 Å². The van der Waals surface area contributed by atoms with Gasteiger partial charge in [-0.3, -0.25) is 9.20 Å². The van der Waals surface area contributed by atoms with Crippen molar-refractivity contribution in [1.29, 1.82) is 0 Å². The highest BCUT2D eigenvalue weighted by Gasteiger charge is 2.19. The Morgan fingerprint density at radius 2 is 1.89 bits per heavy atom. The minimum Gasteiger partial charge on any atom is -0.372 e. The molecule has 0 atom stereocenters. The van der Waals surface area contributed by atoms with Gasteiger partial charge >= 0.3 is 0 Å². The molecule has 4 rings (SSSR count). The maximum Gasteiger partial charge on any atom is 0.274 e. The minimum absolute atomic E-state index is 0.283. The molecular weight excluding hydrogens is 355 g/mol. The summed E-state index contributed by atoms with van der Waals surface area (Å²) in [6.07, 6.45) is 4.32. The van der Waals surface area contributed by atoms with Crippen LogP contribution < -0.4 is 10.2 Å². The van der Waals surface area contributed by atoms with Crippen molar-refractivity contribution < 1.29 is 9.18 Å². The average Bonchev–Trinajstić information content (AvgIpc) is 3.07. The summed E-state index contributed by atoms with van der Waals surface area (Å²) in [7, 11) is 0. The first-order chi connectivity index (χ1) is 13.5. The summed E-state index contributed by atoms with van der Waals surface area (Å²) in [6.45, 7) is 6.37. The van der Waals surface area contributed by atoms with Crippen LogP contribution in [0.25, 0.3) is 5.65 Å². The van der Waals surface area contributed by atoms with Crippen molar-refractivity contribution in [1.82, 2.24) is 9.38 Å². The molecule has 2 aromatic heterocycles. The van der Waals surface area contributed by atoms with Crippen LogP contribution in [0.15, 0.2) is 42.6 Å². The van der Waals surface area contributed by atoms with Crippen molar-refractivity contribution in [2.45, 2.75) is 33.1 Å². The highest BCUT2D eigenvalue weighted by Crippen LogP contribution is 2.25. The van der Waals surface area contributed by atoms with Gasteiger partial charge in [-0.15, -0.1) is 0 Å². The minimum atomic E-state index is -0.401. The van der Waals surface area contributed by atoms with Crippen LogP contribution in [-0.4, -0.2) is 28.4 Å². The number of aromatic nitrogens is 2. The molecule has 1 amide bonds. The predicted molar refractivity (Wildman–Crippen MR) is 110 cm³/mol. The van der Waals surface area contributed by atoms with E-state index in [1.807, 2.05) is 31.2 Å². The van der Waals surface area contributed by atoms with Crippen LogP contribution in [0.5, 0.6) is 0 Å². The first-order valence-corrected chi connectivity index (χ1v) is 9.88. The Bertz CT molecular complexity index is 988. The van der Waals surface area contributed by atoms with E-state index in [1.165, 1.54) is 35.2 Å². The zero-order valence-corrected chi connectivity index (χ0v) is 16.3. The Labute approximate surface area is 164 Å². The van der Waals surface area contributed by atoms with E-state index >= 15 is 0 Å². The maximum absolute atomic E-state index is 13.7. The van der Waals surface area contributed by atoms with E-state index in [1.54, 1.807) is 6.07 Å². The van der Waals surface area contributed by atoms with Gasteiger partial charge in [0.2, 0.25) is 0 Å². The first kappa shape index (κ1) is 18.5. The van der Waals surface area contributed by atoms with Gasteiger partial charge in [0.1, 0.15) is 17.2 Å². The molecule has 0 aliphatic carbocycles. The smallest absolute Gasteiger partial charge is 0.274 e. The quantitative estimate of drug-likeness (QED) is 0.724. The Balaban J connectivity index is 1.54. The Hall–Kier alpha value is -2.89. The number of benzene rings is 1. The van der Waals surface area contributed by atoms with Crippen LogP contribution in [0.3, 0.4) is 0 Å². The summed E-state index contributed by atoms with van der Waals surface area (Å²) in [5, 5.41) is 2.93. The van der Waals surface area contributed by atoms with Gasteiger partial charge in [0, 0.05) is 30.7 Å². The molecule has 1 saturated heterocycles. The zero-order valence-electron chi connectivity index (χ0n) is 16.3. The van der Waals surface area contributed by atoms with E-state index in [9.17, 15) is 9.18 Å². The number of carbonyl (C=O) groups excluding carboxylic acids is 1. The highest BCUT2D eigenvalue weighted by atomic mass is 19.1. The summed E-state index contributed by atoms with van der Waals surface area (Å²) < 4.78 is 15.2. The maximum atomic E-state index is 13.7. The van der Waals surface area contributed by atoms with Crippen molar-refractivity contribution >= 4 is 22.9 Å². The number of halogens is 1. The van der Waals surface area contributed by atoms with Gasteiger partial charge in [-0.1, -0.05) is 13.8 Å². The third kappa shape index (κ3) is 3.59. The van der Waals surface area contributed by atoms with Crippen LogP contribution in [0, 0.1) is 11.7 Å². The van der Waals surface area contributed by atoms with Crippen LogP contribution in [0.1, 0.15) is 42.9 Å². The summed E-state index contributed by atoms with van der Waals surface area (Å²) in [5.41, 5.74) is 3.50. The molecular formula is C22H25FN4O. The van der Waals surface area contributed by atoms with Crippen molar-refractivity contribution in [2.75, 3.05) is 23.3 Å². The Morgan fingerprint density at radius 1 is 1.18 bits per heavy atom. The van der Waals surface area contributed by atoms with Gasteiger partial charge < -0.3 is 10.2 Å². The molecule has 1 aliphatic rings. The molecule has 0 spiro atoms. The lowest BCUT2D eigenvalue weighted by molar-refractivity contribution is 0.102. The molecule has 1 fully saturated rings. The van der Waals surface area contributed by atoms with Crippen LogP contribution >= 0.6 is 0 Å². The van der Waals surface area contributed by atoms with Crippen molar-refractivity contribution in [3.63, 3.8) is 0 Å². The molecule has 1 aliphatic heterocycles. The fourth-order valence-corrected chi connectivity index (χ4v) is 3.77. The largest absolute Gasteiger partial charge is 0.372 e. The van der Waals surface area contributed by atoms with E-state index in [0.717, 1.165) is 19.0 Å². The number of rotatable bonds is 4. The number of nitrogens with zero attached hydrogens (tertiary/aromatic N) is 3. The fraction of sp³-hybridized carbons (Fsp3) is 0.364. The molecule has 0 unspecified atom stereocenters. The molecule has 1 N–H and O–H groups in total. The number of nitrogens with one attached hydrogen (secondary N) is 1. The van der Waals surface area contributed by atoms with E-state index in [2.05, 4.69) is 22.1 Å². The Kier molecular flexibility index (Phi) is 5.03. The number of hydrogen-bond acceptors (Lipinski definition) is 3. The molecule has 0 bridgehead atoms. The lowest BCUT2D eigenvalue weighted by atomic mass is 9.99. The van der Waals surface area contributed by atoms with E-state index in [-0.39, 0.29) is 5.91 Å². The summed E-state index contributed by atoms with van der Waals surface area (Å²) in [5.74, 6) is 0.106. The molecule has 3 heterocycles. The molecule has 6 heteroatoms. The third-order valence-corrected chi connectivity index (χ3v) is 5.48. The lowest BCUT2D eigenvalue weighted by Crippen LogP contribution is -2.32. The number of carbonyl (C=O) groups is 1. The molecule has 28 heavy (non-hydrogen) atoms. The van der Waals surface area contributed by atoms with Crippen molar-refractivity contribution in [2.24, 2.45) is 5.92 Å². The monoisotopic (exact) mass is 380 g/mol. The van der Waals surface area contributed by atoms with Gasteiger partial charge in [0.05, 0.1) is 5.69 Å². The highest BCUT2D eigenvalue weighted by molar-refractivity contribution is 6.04. The van der Waals surface area contributed by atoms with Gasteiger partial charge in [-0.05, 0) is 61.6 Å². The fourth-order valence-electron chi connectivity index (χ4n) is 3.77. The van der Waals surface area contributed by atoms with Gasteiger partial charge in [0.15, 0.2) is 0 Å². The number of pyridine rings is 1. The number of hydrogen-bond donors (Lipinski definition) is 1. The molecule has 146 valence electrons. The average molecular weight is 380 g/mol. The number of piperidine rings is 1. The number of fused-ring (bicyclic) bond motifs is 1. The lowest BCUT2D eigenvalue weighted by Gasteiger charge is -2.32. The standard InChI is InChI=1S/C22H25FN4O/c1-3-19-21(27-14-16(23)4-9-20(27)25-19)22(28)24-17-5-7-18(8-6-17)26-12-10-15(2)11-13-26/h4-9,14-15H,3,10-13H2,1-2H3,(H,24,28). The van der Waals surface area contributed by atoms with Crippen molar-refractivity contribution in [3.8, 4) is 0 Å². The zero-order chi connectivity index (χ0) is 19.7. The predicted octanol–water partition coefficient (Wildman–Crippen LogP) is 4.52. The van der Waals surface area contributed by atoms with E-state index < -0.39 is 5.82 Å². The number of imidazole rings is 1. The molecule has 0 radical (unpaired) electrons. The first-order valence-electron chi connectivity index (χ1n) is 9.88. The normalized spacial score (nSPS) is 15.2. The molecule has 3 aromatic rings. The van der Waals surface area contributed by atoms with Crippen LogP contribution in [-0.2, 0) is 6.42 Å². The molecule has 1 aromatic carbocycles. The Morgan fingerprint density at radius 3 is 2.57 bits per heavy atom. The second-order valence-electron chi connectivity index (χ2n) is 7.51. The summed E-state index contributed by atoms with van der Waals surface area (Å²) in [4.78, 5) is 19.7. The second-order valence-corrected chi connectivity index (χ2v) is 7.51. The van der Waals surface area contributed by atoms with Gasteiger partial charge in [-0.25, -0.2) is 9.37 Å². The van der Waals surface area contributed by atoms with E-state index in [4.69, 9.17) is 0 Å². The number of anilines is 2. The van der Waals surface area contributed by atoms with Gasteiger partial charge in [0.25, 0.3) is 5.91 Å². The number of aryl methyl sites for hydroxylation is 1. The SMILES string of the molecule is CCc1nc2ccc(F)cn2c1C(=O)Nc1ccc(N2CCC(C)CC2)cc1. The summed E-state index contributed by atoms with van der Waals surface area (Å²) >= 11 is 0. The molecule has 5 nitrogen and oxygen atoms in total. The van der Waals surface area contributed by atoms with E-state index in [0.29, 0.717) is 29.1 Å². The second kappa shape index (κ2) is 7.62. The molecule has 0 saturated carbocycles. The number of amides is 1. The van der Waals surface area contributed by atoms with Crippen molar-refractivity contribution in [3.05, 3.63) is 59.8 Å². The topological polar surface area (TPSA) is 49.6 Å². The summed E-state index contributed by atoms with van der Waals surface area (Å²) in [6, 6.07) is 10.9. The van der Waals surface area contributed by atoms with Crippen LogP contribution in [0.2, 0.25) is 0 Å². The third-order valence-electron chi connectivity index (χ3n) is 5.48.